The van der Waals surface area contributed by atoms with Crippen molar-refractivity contribution in [1.29, 1.82) is 0 Å². The first-order valence-corrected chi connectivity index (χ1v) is 12.1. The van der Waals surface area contributed by atoms with Crippen molar-refractivity contribution in [3.63, 3.8) is 0 Å². The molecule has 0 fully saturated rings. The van der Waals surface area contributed by atoms with E-state index in [2.05, 4.69) is 43.4 Å². The highest BCUT2D eigenvalue weighted by Gasteiger charge is 2.29. The van der Waals surface area contributed by atoms with Gasteiger partial charge in [0.25, 0.3) is 0 Å². The van der Waals surface area contributed by atoms with Crippen molar-refractivity contribution < 1.29 is 14.3 Å². The molecular weight excluding hydrogens is 412 g/mol. The van der Waals surface area contributed by atoms with Gasteiger partial charge in [0.15, 0.2) is 0 Å². The van der Waals surface area contributed by atoms with Gasteiger partial charge in [0, 0.05) is 19.0 Å². The van der Waals surface area contributed by atoms with E-state index >= 15 is 0 Å². The molecule has 180 valence electrons. The highest BCUT2D eigenvalue weighted by molar-refractivity contribution is 5.87. The number of amides is 2. The van der Waals surface area contributed by atoms with Crippen molar-refractivity contribution in [2.75, 3.05) is 7.11 Å². The van der Waals surface area contributed by atoms with Crippen LogP contribution in [0.2, 0.25) is 0 Å². The van der Waals surface area contributed by atoms with Crippen LogP contribution in [0.25, 0.3) is 0 Å². The summed E-state index contributed by atoms with van der Waals surface area (Å²) in [4.78, 5) is 28.2. The van der Waals surface area contributed by atoms with Crippen LogP contribution in [-0.4, -0.2) is 35.9 Å². The van der Waals surface area contributed by atoms with Crippen LogP contribution >= 0.6 is 0 Å². The molecule has 0 saturated carbocycles. The van der Waals surface area contributed by atoms with Crippen molar-refractivity contribution in [2.45, 2.75) is 84.8 Å². The molecule has 2 aromatic carbocycles. The molecule has 0 aliphatic carbocycles. The molecule has 5 heteroatoms. The molecule has 0 saturated heterocycles. The van der Waals surface area contributed by atoms with E-state index in [1.807, 2.05) is 45.0 Å². The van der Waals surface area contributed by atoms with E-state index < -0.39 is 6.04 Å². The Balaban J connectivity index is 2.19. The van der Waals surface area contributed by atoms with E-state index in [0.717, 1.165) is 23.3 Å². The second kappa shape index (κ2) is 13.0. The molecule has 2 atom stereocenters. The number of nitrogens with zero attached hydrogens (tertiary/aromatic N) is 1. The van der Waals surface area contributed by atoms with Gasteiger partial charge in [0.2, 0.25) is 11.8 Å². The van der Waals surface area contributed by atoms with Crippen molar-refractivity contribution in [3.8, 4) is 5.75 Å². The summed E-state index contributed by atoms with van der Waals surface area (Å²) in [6.45, 7) is 10.7. The minimum absolute atomic E-state index is 0.00935. The lowest BCUT2D eigenvalue weighted by molar-refractivity contribution is -0.141. The predicted octanol–water partition coefficient (Wildman–Crippen LogP) is 5.47. The Morgan fingerprint density at radius 3 is 2.03 bits per heavy atom. The van der Waals surface area contributed by atoms with Crippen LogP contribution in [0.15, 0.2) is 48.5 Å². The molecule has 0 aromatic heterocycles. The van der Waals surface area contributed by atoms with Crippen LogP contribution in [0.1, 0.15) is 76.5 Å². The Morgan fingerprint density at radius 1 is 0.909 bits per heavy atom. The molecule has 0 unspecified atom stereocenters. The molecule has 2 amide bonds. The highest BCUT2D eigenvalue weighted by Crippen LogP contribution is 2.19. The fraction of sp³-hybridized carbons (Fsp3) is 0.500. The number of carbonyl (C=O) groups excluding carboxylic acids is 2. The van der Waals surface area contributed by atoms with Crippen molar-refractivity contribution in [2.24, 2.45) is 0 Å². The largest absolute Gasteiger partial charge is 0.497 e. The third kappa shape index (κ3) is 7.92. The lowest BCUT2D eigenvalue weighted by Gasteiger charge is -2.31. The monoisotopic (exact) mass is 452 g/mol. The van der Waals surface area contributed by atoms with Crippen LogP contribution in [-0.2, 0) is 22.6 Å². The Kier molecular flexibility index (Phi) is 10.4. The van der Waals surface area contributed by atoms with E-state index in [9.17, 15) is 9.59 Å². The summed E-state index contributed by atoms with van der Waals surface area (Å²) in [5.74, 6) is 1.15. The molecule has 1 N–H and O–H groups in total. The van der Waals surface area contributed by atoms with Gasteiger partial charge in [-0.15, -0.1) is 0 Å². The number of benzene rings is 2. The van der Waals surface area contributed by atoms with E-state index in [0.29, 0.717) is 31.7 Å². The fourth-order valence-electron chi connectivity index (χ4n) is 3.75. The maximum absolute atomic E-state index is 13.4. The van der Waals surface area contributed by atoms with Gasteiger partial charge < -0.3 is 15.0 Å². The molecule has 2 aromatic rings. The molecule has 0 radical (unpaired) electrons. The third-order valence-electron chi connectivity index (χ3n) is 6.17. The number of methoxy groups -OCH3 is 1. The summed E-state index contributed by atoms with van der Waals surface area (Å²) in [6, 6.07) is 15.7. The quantitative estimate of drug-likeness (QED) is 0.464. The molecule has 0 spiro atoms. The van der Waals surface area contributed by atoms with Gasteiger partial charge in [-0.3, -0.25) is 9.59 Å². The Bertz CT molecular complexity index is 875. The summed E-state index contributed by atoms with van der Waals surface area (Å²) in [5, 5.41) is 3.06. The third-order valence-corrected chi connectivity index (χ3v) is 6.17. The number of carbonyl (C=O) groups is 2. The van der Waals surface area contributed by atoms with Crippen LogP contribution in [0.3, 0.4) is 0 Å². The highest BCUT2D eigenvalue weighted by atomic mass is 16.5. The molecule has 0 aliphatic heterocycles. The van der Waals surface area contributed by atoms with Gasteiger partial charge in [-0.05, 0) is 60.9 Å². The first-order chi connectivity index (χ1) is 15.8. The standard InChI is InChI=1S/C28H40N2O3/c1-7-21(5)29-28(32)26(8-2)30(19-23-11-16-25(33-6)17-12-23)27(31)18-13-22-9-14-24(15-10-22)20(3)4/h9-12,14-17,20-21,26H,7-8,13,18-19H2,1-6H3,(H,29,32)/t21-,26+/m0/s1. The zero-order valence-electron chi connectivity index (χ0n) is 21.1. The zero-order chi connectivity index (χ0) is 24.4. The lowest BCUT2D eigenvalue weighted by Crippen LogP contribution is -2.50. The number of hydrogen-bond acceptors (Lipinski definition) is 3. The average Bonchev–Trinajstić information content (AvgIpc) is 2.82. The number of aryl methyl sites for hydroxylation is 1. The Hall–Kier alpha value is -2.82. The van der Waals surface area contributed by atoms with Gasteiger partial charge in [0.05, 0.1) is 7.11 Å². The van der Waals surface area contributed by atoms with E-state index in [1.165, 1.54) is 5.56 Å². The average molecular weight is 453 g/mol. The van der Waals surface area contributed by atoms with E-state index in [1.54, 1.807) is 12.0 Å². The number of hydrogen-bond donors (Lipinski definition) is 1. The SMILES string of the molecule is CC[C@H](C(=O)N[C@@H](C)CC)N(Cc1ccc(OC)cc1)C(=O)CCc1ccc(C(C)C)cc1. The molecule has 0 heterocycles. The molecule has 5 nitrogen and oxygen atoms in total. The molecule has 33 heavy (non-hydrogen) atoms. The normalized spacial score (nSPS) is 12.8. The summed E-state index contributed by atoms with van der Waals surface area (Å²) in [6.07, 6.45) is 2.43. The lowest BCUT2D eigenvalue weighted by atomic mass is 10.00. The number of ether oxygens (including phenoxy) is 1. The minimum atomic E-state index is -0.503. The maximum Gasteiger partial charge on any atom is 0.243 e. The number of rotatable bonds is 12. The first-order valence-electron chi connectivity index (χ1n) is 12.1. The number of nitrogens with one attached hydrogen (secondary N) is 1. The Morgan fingerprint density at radius 2 is 1.52 bits per heavy atom. The topological polar surface area (TPSA) is 58.6 Å². The minimum Gasteiger partial charge on any atom is -0.497 e. The second-order valence-electron chi connectivity index (χ2n) is 9.01. The molecule has 0 aliphatic rings. The van der Waals surface area contributed by atoms with Crippen molar-refractivity contribution >= 4 is 11.8 Å². The molecule has 2 rings (SSSR count). The summed E-state index contributed by atoms with van der Waals surface area (Å²) >= 11 is 0. The van der Waals surface area contributed by atoms with E-state index in [-0.39, 0.29) is 17.9 Å². The first kappa shape index (κ1) is 26.4. The van der Waals surface area contributed by atoms with Crippen LogP contribution < -0.4 is 10.1 Å². The van der Waals surface area contributed by atoms with Gasteiger partial charge in [-0.2, -0.15) is 0 Å². The van der Waals surface area contributed by atoms with Crippen molar-refractivity contribution in [1.82, 2.24) is 10.2 Å². The van der Waals surface area contributed by atoms with Crippen LogP contribution in [0, 0.1) is 0 Å². The maximum atomic E-state index is 13.4. The van der Waals surface area contributed by atoms with Gasteiger partial charge in [0.1, 0.15) is 11.8 Å². The van der Waals surface area contributed by atoms with Gasteiger partial charge in [-0.25, -0.2) is 0 Å². The summed E-state index contributed by atoms with van der Waals surface area (Å²) in [5.41, 5.74) is 3.40. The van der Waals surface area contributed by atoms with Gasteiger partial charge >= 0.3 is 0 Å². The molecule has 0 bridgehead atoms. The van der Waals surface area contributed by atoms with Gasteiger partial charge in [-0.1, -0.05) is 64.1 Å². The van der Waals surface area contributed by atoms with Crippen LogP contribution in [0.5, 0.6) is 5.75 Å². The zero-order valence-corrected chi connectivity index (χ0v) is 21.1. The smallest absolute Gasteiger partial charge is 0.243 e. The fourth-order valence-corrected chi connectivity index (χ4v) is 3.75. The van der Waals surface area contributed by atoms with E-state index in [4.69, 9.17) is 4.74 Å². The summed E-state index contributed by atoms with van der Waals surface area (Å²) < 4.78 is 5.25. The predicted molar refractivity (Wildman–Crippen MR) is 134 cm³/mol. The second-order valence-corrected chi connectivity index (χ2v) is 9.01. The van der Waals surface area contributed by atoms with Crippen molar-refractivity contribution in [3.05, 3.63) is 65.2 Å². The molecular formula is C28H40N2O3. The summed E-state index contributed by atoms with van der Waals surface area (Å²) in [7, 11) is 1.63. The van der Waals surface area contributed by atoms with Crippen LogP contribution in [0.4, 0.5) is 0 Å². The Labute approximate surface area is 199 Å².